The highest BCUT2D eigenvalue weighted by atomic mass is 79.9. The first-order chi connectivity index (χ1) is 8.25. The number of nitrogens with zero attached hydrogens (tertiary/aromatic N) is 1. The largest absolute Gasteiger partial charge is 0.263 e. The second kappa shape index (κ2) is 6.43. The fourth-order valence-corrected chi connectivity index (χ4v) is 3.09. The molecule has 1 aromatic heterocycles. The minimum absolute atomic E-state index is 0.840. The topological polar surface area (TPSA) is 12.9 Å². The zero-order chi connectivity index (χ0) is 12.1. The summed E-state index contributed by atoms with van der Waals surface area (Å²) in [7, 11) is 0. The van der Waals surface area contributed by atoms with E-state index in [0.717, 1.165) is 21.0 Å². The van der Waals surface area contributed by atoms with E-state index in [2.05, 4.69) is 33.0 Å². The Morgan fingerprint density at radius 1 is 1.18 bits per heavy atom. The van der Waals surface area contributed by atoms with Crippen LogP contribution in [0.3, 0.4) is 0 Å². The Kier molecular flexibility index (Phi) is 4.89. The Hall–Kier alpha value is -0.510. The van der Waals surface area contributed by atoms with Gasteiger partial charge in [-0.05, 0) is 39.2 Å². The lowest BCUT2D eigenvalue weighted by atomic mass is 10.2. The second-order valence-corrected chi connectivity index (χ2v) is 5.90. The van der Waals surface area contributed by atoms with E-state index < -0.39 is 0 Å². The lowest BCUT2D eigenvalue weighted by molar-refractivity contribution is 1.23. The number of aromatic nitrogens is 1. The van der Waals surface area contributed by atoms with Crippen molar-refractivity contribution in [3.63, 3.8) is 0 Å². The van der Waals surface area contributed by atoms with Gasteiger partial charge in [0.2, 0.25) is 0 Å². The van der Waals surface area contributed by atoms with E-state index in [1.807, 2.05) is 36.2 Å². The molecule has 1 heterocycles. The molecule has 0 aliphatic heterocycles. The summed E-state index contributed by atoms with van der Waals surface area (Å²) in [5, 5.41) is 0.840. The molecule has 17 heavy (non-hydrogen) atoms. The lowest BCUT2D eigenvalue weighted by Gasteiger charge is -2.04. The quantitative estimate of drug-likeness (QED) is 0.789. The van der Waals surface area contributed by atoms with E-state index >= 15 is 0 Å². The van der Waals surface area contributed by atoms with Gasteiger partial charge in [-0.15, -0.1) is 0 Å². The van der Waals surface area contributed by atoms with Crippen LogP contribution in [0, 0.1) is 0 Å². The first-order valence-electron chi connectivity index (χ1n) is 5.16. The fraction of sp³-hybridized carbons (Fsp3) is 0.154. The minimum atomic E-state index is 0.840. The molecular weight excluding hydrogens is 318 g/mol. The van der Waals surface area contributed by atoms with Crippen molar-refractivity contribution in [3.05, 3.63) is 63.3 Å². The first kappa shape index (κ1) is 12.9. The summed E-state index contributed by atoms with van der Waals surface area (Å²) in [5.41, 5.74) is 2.40. The monoisotopic (exact) mass is 327 g/mol. The van der Waals surface area contributed by atoms with Crippen molar-refractivity contribution in [1.29, 1.82) is 0 Å². The molecule has 0 unspecified atom stereocenters. The number of thioether (sulfide) groups is 1. The van der Waals surface area contributed by atoms with Gasteiger partial charge in [-0.1, -0.05) is 29.8 Å². The molecule has 2 rings (SSSR count). The van der Waals surface area contributed by atoms with Crippen molar-refractivity contribution in [2.45, 2.75) is 11.5 Å². The normalized spacial score (nSPS) is 10.5. The molecule has 0 aliphatic rings. The van der Waals surface area contributed by atoms with Crippen LogP contribution in [-0.4, -0.2) is 4.98 Å². The van der Waals surface area contributed by atoms with E-state index in [9.17, 15) is 0 Å². The van der Waals surface area contributed by atoms with E-state index in [1.54, 1.807) is 6.20 Å². The average molecular weight is 329 g/mol. The number of hydrogen-bond donors (Lipinski definition) is 0. The molecule has 0 radical (unpaired) electrons. The highest BCUT2D eigenvalue weighted by molar-refractivity contribution is 9.10. The number of rotatable bonds is 4. The van der Waals surface area contributed by atoms with Crippen LogP contribution in [0.25, 0.3) is 0 Å². The molecule has 0 N–H and O–H groups in total. The van der Waals surface area contributed by atoms with Gasteiger partial charge in [-0.3, -0.25) is 4.98 Å². The van der Waals surface area contributed by atoms with Crippen LogP contribution in [0.1, 0.15) is 11.1 Å². The van der Waals surface area contributed by atoms with Gasteiger partial charge in [0.05, 0.1) is 0 Å². The van der Waals surface area contributed by atoms with Gasteiger partial charge in [-0.2, -0.15) is 11.8 Å². The predicted molar refractivity (Wildman–Crippen MR) is 78.4 cm³/mol. The van der Waals surface area contributed by atoms with E-state index in [-0.39, 0.29) is 0 Å². The molecule has 0 amide bonds. The summed E-state index contributed by atoms with van der Waals surface area (Å²) >= 11 is 11.4. The summed E-state index contributed by atoms with van der Waals surface area (Å²) in [6.45, 7) is 0. The van der Waals surface area contributed by atoms with E-state index in [1.165, 1.54) is 11.1 Å². The average Bonchev–Trinajstić information content (AvgIpc) is 2.32. The van der Waals surface area contributed by atoms with Crippen molar-refractivity contribution in [2.24, 2.45) is 0 Å². The maximum Gasteiger partial charge on any atom is 0.0446 e. The highest BCUT2D eigenvalue weighted by Gasteiger charge is 2.00. The van der Waals surface area contributed by atoms with Crippen LogP contribution in [0.4, 0.5) is 0 Å². The Balaban J connectivity index is 1.90. The third-order valence-electron chi connectivity index (χ3n) is 2.25. The second-order valence-electron chi connectivity index (χ2n) is 3.60. The number of benzene rings is 1. The van der Waals surface area contributed by atoms with Crippen LogP contribution in [-0.2, 0) is 11.5 Å². The molecule has 0 aliphatic carbocycles. The van der Waals surface area contributed by atoms with Gasteiger partial charge in [0.1, 0.15) is 0 Å². The molecule has 0 atom stereocenters. The SMILES string of the molecule is Clc1ccccc1CSCc1cncc(Br)c1. The highest BCUT2D eigenvalue weighted by Crippen LogP contribution is 2.23. The Morgan fingerprint density at radius 3 is 2.76 bits per heavy atom. The molecular formula is C13H11BrClNS. The molecule has 4 heteroatoms. The van der Waals surface area contributed by atoms with Gasteiger partial charge in [0.15, 0.2) is 0 Å². The van der Waals surface area contributed by atoms with E-state index in [4.69, 9.17) is 11.6 Å². The Labute approximate surface area is 119 Å². The van der Waals surface area contributed by atoms with Gasteiger partial charge in [-0.25, -0.2) is 0 Å². The van der Waals surface area contributed by atoms with Crippen LogP contribution >= 0.6 is 39.3 Å². The van der Waals surface area contributed by atoms with Crippen LogP contribution in [0.2, 0.25) is 5.02 Å². The van der Waals surface area contributed by atoms with Gasteiger partial charge in [0, 0.05) is 33.4 Å². The summed E-state index contributed by atoms with van der Waals surface area (Å²) in [6.07, 6.45) is 3.69. The lowest BCUT2D eigenvalue weighted by Crippen LogP contribution is -1.86. The standard InChI is InChI=1S/C13H11BrClNS/c14-12-5-10(6-16-7-12)8-17-9-11-3-1-2-4-13(11)15/h1-7H,8-9H2. The molecule has 0 saturated heterocycles. The third-order valence-corrected chi connectivity index (χ3v) is 4.10. The number of hydrogen-bond acceptors (Lipinski definition) is 2. The third kappa shape index (κ3) is 4.02. The molecule has 0 fully saturated rings. The molecule has 0 spiro atoms. The maximum absolute atomic E-state index is 6.10. The molecule has 1 nitrogen and oxygen atoms in total. The summed E-state index contributed by atoms with van der Waals surface area (Å²) in [4.78, 5) is 4.14. The Morgan fingerprint density at radius 2 is 2.00 bits per heavy atom. The number of halogens is 2. The predicted octanol–water partition coefficient (Wildman–Crippen LogP) is 4.93. The summed E-state index contributed by atoms with van der Waals surface area (Å²) < 4.78 is 1.02. The molecule has 1 aromatic carbocycles. The molecule has 2 aromatic rings. The van der Waals surface area contributed by atoms with Crippen LogP contribution < -0.4 is 0 Å². The molecule has 0 saturated carbocycles. The smallest absolute Gasteiger partial charge is 0.0446 e. The van der Waals surface area contributed by atoms with Crippen molar-refractivity contribution in [3.8, 4) is 0 Å². The Bertz CT molecular complexity index is 504. The fourth-order valence-electron chi connectivity index (χ4n) is 1.43. The molecule has 88 valence electrons. The van der Waals surface area contributed by atoms with Crippen molar-refractivity contribution < 1.29 is 0 Å². The summed E-state index contributed by atoms with van der Waals surface area (Å²) in [6, 6.07) is 10.1. The zero-order valence-corrected chi connectivity index (χ0v) is 12.2. The van der Waals surface area contributed by atoms with Crippen molar-refractivity contribution in [1.82, 2.24) is 4.98 Å². The van der Waals surface area contributed by atoms with Crippen LogP contribution in [0.5, 0.6) is 0 Å². The van der Waals surface area contributed by atoms with Crippen molar-refractivity contribution >= 4 is 39.3 Å². The summed E-state index contributed by atoms with van der Waals surface area (Å²) in [5.74, 6) is 1.86. The van der Waals surface area contributed by atoms with Gasteiger partial charge >= 0.3 is 0 Å². The minimum Gasteiger partial charge on any atom is -0.263 e. The van der Waals surface area contributed by atoms with Gasteiger partial charge < -0.3 is 0 Å². The van der Waals surface area contributed by atoms with Gasteiger partial charge in [0.25, 0.3) is 0 Å². The van der Waals surface area contributed by atoms with Crippen molar-refractivity contribution in [2.75, 3.05) is 0 Å². The van der Waals surface area contributed by atoms with Crippen LogP contribution in [0.15, 0.2) is 47.2 Å². The number of pyridine rings is 1. The molecule has 0 bridgehead atoms. The van der Waals surface area contributed by atoms with E-state index in [0.29, 0.717) is 0 Å². The first-order valence-corrected chi connectivity index (χ1v) is 7.49. The zero-order valence-electron chi connectivity index (χ0n) is 9.07. The maximum atomic E-state index is 6.10.